The molecule has 24 heavy (non-hydrogen) atoms. The first-order valence-corrected chi connectivity index (χ1v) is 7.04. The van der Waals surface area contributed by atoms with E-state index >= 15 is 0 Å². The number of nitrogens with two attached hydrogens (primary N) is 1. The van der Waals surface area contributed by atoms with Crippen molar-refractivity contribution in [1.82, 2.24) is 9.55 Å². The van der Waals surface area contributed by atoms with Crippen LogP contribution in [0, 0.1) is 0 Å². The summed E-state index contributed by atoms with van der Waals surface area (Å²) in [6, 6.07) is 2.78. The normalized spacial score (nSPS) is 13.1. The third-order valence-electron chi connectivity index (χ3n) is 3.15. The average molecular weight is 345 g/mol. The number of anilines is 1. The molecule has 10 heteroatoms. The molecule has 0 aliphatic carbocycles. The lowest BCUT2D eigenvalue weighted by atomic mass is 10.1. The van der Waals surface area contributed by atoms with Crippen LogP contribution >= 0.6 is 0 Å². The number of hydrogen-bond donors (Lipinski definition) is 4. The quantitative estimate of drug-likeness (QED) is 0.488. The molecule has 5 N–H and O–H groups in total. The van der Waals surface area contributed by atoms with Crippen molar-refractivity contribution in [2.24, 2.45) is 10.7 Å². The number of alkyl halides is 3. The second-order valence-corrected chi connectivity index (χ2v) is 5.96. The minimum atomic E-state index is -4.53. The molecule has 1 aromatic heterocycles. The summed E-state index contributed by atoms with van der Waals surface area (Å²) < 4.78 is 38.6. The van der Waals surface area contributed by atoms with Crippen molar-refractivity contribution in [3.63, 3.8) is 0 Å². The van der Waals surface area contributed by atoms with E-state index in [2.05, 4.69) is 15.3 Å². The van der Waals surface area contributed by atoms with Gasteiger partial charge in [-0.25, -0.2) is 9.79 Å². The Morgan fingerprint density at radius 1 is 1.42 bits per heavy atom. The summed E-state index contributed by atoms with van der Waals surface area (Å²) in [5.41, 5.74) is 4.31. The highest BCUT2D eigenvalue weighted by atomic mass is 19.4. The van der Waals surface area contributed by atoms with Gasteiger partial charge in [0.2, 0.25) is 0 Å². The van der Waals surface area contributed by atoms with Crippen molar-refractivity contribution in [3.8, 4) is 0 Å². The molecular weight excluding hydrogens is 327 g/mol. The number of aliphatic hydroxyl groups is 1. The van der Waals surface area contributed by atoms with Crippen molar-refractivity contribution in [3.05, 3.63) is 22.6 Å². The maximum Gasteiger partial charge on any atom is 0.406 e. The highest BCUT2D eigenvalue weighted by molar-refractivity contribution is 5.88. The van der Waals surface area contributed by atoms with Gasteiger partial charge in [0.25, 0.3) is 0 Å². The topological polar surface area (TPSA) is 108 Å². The molecule has 0 aliphatic heterocycles. The number of hydrogen-bond acceptors (Lipinski definition) is 4. The minimum Gasteiger partial charge on any atom is -0.390 e. The number of nitrogens with zero attached hydrogens (tertiary/aromatic N) is 2. The second kappa shape index (κ2) is 6.19. The van der Waals surface area contributed by atoms with Crippen LogP contribution in [0.1, 0.15) is 13.8 Å². The smallest absolute Gasteiger partial charge is 0.390 e. The van der Waals surface area contributed by atoms with Gasteiger partial charge in [0, 0.05) is 6.54 Å². The molecule has 0 bridgehead atoms. The Bertz CT molecular complexity index is 815. The van der Waals surface area contributed by atoms with Crippen molar-refractivity contribution in [1.29, 1.82) is 0 Å². The molecule has 0 spiro atoms. The Morgan fingerprint density at radius 3 is 2.62 bits per heavy atom. The number of fused-ring (bicyclic) bond motifs is 1. The maximum atomic E-state index is 12.7. The molecule has 1 heterocycles. The fourth-order valence-electron chi connectivity index (χ4n) is 2.17. The highest BCUT2D eigenvalue weighted by Crippen LogP contribution is 2.30. The highest BCUT2D eigenvalue weighted by Gasteiger charge is 2.30. The van der Waals surface area contributed by atoms with Gasteiger partial charge in [-0.2, -0.15) is 13.2 Å². The Balaban J connectivity index is 2.56. The predicted molar refractivity (Wildman–Crippen MR) is 85.7 cm³/mol. The molecule has 0 aliphatic rings. The first kappa shape index (κ1) is 17.9. The number of benzene rings is 1. The molecule has 132 valence electrons. The summed E-state index contributed by atoms with van der Waals surface area (Å²) in [6.45, 7) is 1.86. The predicted octanol–water partition coefficient (Wildman–Crippen LogP) is 1.69. The van der Waals surface area contributed by atoms with E-state index in [4.69, 9.17) is 5.73 Å². The van der Waals surface area contributed by atoms with Crippen LogP contribution in [0.5, 0.6) is 0 Å². The number of rotatable bonds is 5. The number of halogens is 3. The SMILES string of the molecule is CC(C)(O)CNc1cc2c(cc1N=CN)[nH]c(=O)n2CC(F)(F)F. The first-order valence-electron chi connectivity index (χ1n) is 7.04. The summed E-state index contributed by atoms with van der Waals surface area (Å²) >= 11 is 0. The van der Waals surface area contributed by atoms with Crippen LogP contribution in [0.2, 0.25) is 0 Å². The molecular formula is C14H18F3N5O2. The largest absolute Gasteiger partial charge is 0.406 e. The molecule has 2 rings (SSSR count). The van der Waals surface area contributed by atoms with Crippen LogP contribution in [-0.4, -0.2) is 39.3 Å². The Labute approximate surface area is 135 Å². The number of aromatic amines is 1. The molecule has 0 atom stereocenters. The van der Waals surface area contributed by atoms with Crippen molar-refractivity contribution in [2.75, 3.05) is 11.9 Å². The van der Waals surface area contributed by atoms with Gasteiger partial charge in [-0.05, 0) is 26.0 Å². The fourth-order valence-corrected chi connectivity index (χ4v) is 2.17. The van der Waals surface area contributed by atoms with Crippen LogP contribution < -0.4 is 16.7 Å². The number of aliphatic imine (C=N–C) groups is 1. The Kier molecular flexibility index (Phi) is 4.61. The summed E-state index contributed by atoms with van der Waals surface area (Å²) in [6.07, 6.45) is -3.50. The van der Waals surface area contributed by atoms with E-state index in [-0.39, 0.29) is 17.6 Å². The minimum absolute atomic E-state index is 0.0755. The molecule has 0 fully saturated rings. The van der Waals surface area contributed by atoms with Gasteiger partial charge in [-0.15, -0.1) is 0 Å². The monoisotopic (exact) mass is 345 g/mol. The maximum absolute atomic E-state index is 12.7. The van der Waals surface area contributed by atoms with Crippen LogP contribution in [0.25, 0.3) is 11.0 Å². The van der Waals surface area contributed by atoms with Crippen molar-refractivity contribution >= 4 is 28.7 Å². The van der Waals surface area contributed by atoms with Gasteiger partial charge in [0.15, 0.2) is 0 Å². The van der Waals surface area contributed by atoms with Crippen LogP contribution in [0.4, 0.5) is 24.5 Å². The van der Waals surface area contributed by atoms with E-state index in [1.165, 1.54) is 12.1 Å². The van der Waals surface area contributed by atoms with Gasteiger partial charge in [-0.1, -0.05) is 0 Å². The van der Waals surface area contributed by atoms with Gasteiger partial charge in [0.05, 0.1) is 34.3 Å². The van der Waals surface area contributed by atoms with Gasteiger partial charge in [-0.3, -0.25) is 4.57 Å². The number of aromatic nitrogens is 2. The zero-order valence-electron chi connectivity index (χ0n) is 13.1. The fraction of sp³-hybridized carbons (Fsp3) is 0.429. The zero-order valence-corrected chi connectivity index (χ0v) is 13.1. The Hall–Kier alpha value is -2.49. The standard InChI is InChI=1S/C14H18F3N5O2/c1-13(2,24)5-19-9-4-11-10(3-8(9)20-7-18)21-12(23)22(11)6-14(15,16)17/h3-4,7,19,24H,5-6H2,1-2H3,(H2,18,20)(H,21,23). The molecule has 0 unspecified atom stereocenters. The lowest BCUT2D eigenvalue weighted by Gasteiger charge is -2.19. The first-order chi connectivity index (χ1) is 11.0. The molecule has 0 saturated heterocycles. The van der Waals surface area contributed by atoms with Crippen LogP contribution in [0.3, 0.4) is 0 Å². The number of H-pyrrole nitrogens is 1. The van der Waals surface area contributed by atoms with E-state index in [0.717, 1.165) is 6.34 Å². The Morgan fingerprint density at radius 2 is 2.08 bits per heavy atom. The lowest BCUT2D eigenvalue weighted by molar-refractivity contribution is -0.140. The average Bonchev–Trinajstić information content (AvgIpc) is 2.70. The van der Waals surface area contributed by atoms with Gasteiger partial charge < -0.3 is 21.1 Å². The summed E-state index contributed by atoms with van der Waals surface area (Å²) in [5, 5.41) is 12.7. The number of imidazole rings is 1. The third-order valence-corrected chi connectivity index (χ3v) is 3.15. The zero-order chi connectivity index (χ0) is 18.1. The summed E-state index contributed by atoms with van der Waals surface area (Å²) in [4.78, 5) is 18.1. The number of nitrogens with one attached hydrogen (secondary N) is 2. The summed E-state index contributed by atoms with van der Waals surface area (Å²) in [5.74, 6) is 0. The molecule has 2 aromatic rings. The molecule has 0 amide bonds. The van der Waals surface area contributed by atoms with Crippen LogP contribution in [-0.2, 0) is 6.54 Å². The third kappa shape index (κ3) is 4.28. The van der Waals surface area contributed by atoms with Gasteiger partial charge in [0.1, 0.15) is 6.54 Å². The van der Waals surface area contributed by atoms with E-state index in [0.29, 0.717) is 15.9 Å². The summed E-state index contributed by atoms with van der Waals surface area (Å²) in [7, 11) is 0. The molecule has 7 nitrogen and oxygen atoms in total. The van der Waals surface area contributed by atoms with Crippen molar-refractivity contribution in [2.45, 2.75) is 32.2 Å². The second-order valence-electron chi connectivity index (χ2n) is 5.96. The van der Waals surface area contributed by atoms with Crippen LogP contribution in [0.15, 0.2) is 21.9 Å². The lowest BCUT2D eigenvalue weighted by Crippen LogP contribution is -2.29. The molecule has 0 radical (unpaired) electrons. The van der Waals surface area contributed by atoms with E-state index in [1.807, 2.05) is 0 Å². The van der Waals surface area contributed by atoms with E-state index < -0.39 is 24.0 Å². The molecule has 0 saturated carbocycles. The van der Waals surface area contributed by atoms with E-state index in [9.17, 15) is 23.1 Å². The van der Waals surface area contributed by atoms with Gasteiger partial charge >= 0.3 is 11.9 Å². The van der Waals surface area contributed by atoms with Crippen molar-refractivity contribution < 1.29 is 18.3 Å². The molecule has 1 aromatic carbocycles. The van der Waals surface area contributed by atoms with E-state index in [1.54, 1.807) is 13.8 Å².